The lowest BCUT2D eigenvalue weighted by Crippen LogP contribution is -2.37. The van der Waals surface area contributed by atoms with Crippen molar-refractivity contribution >= 4 is 81.7 Å². The van der Waals surface area contributed by atoms with E-state index < -0.39 is 5.91 Å². The molecule has 48 heavy (non-hydrogen) atoms. The van der Waals surface area contributed by atoms with Crippen LogP contribution < -0.4 is 25.6 Å². The summed E-state index contributed by atoms with van der Waals surface area (Å²) in [5.41, 5.74) is 4.69. The Kier molecular flexibility index (Phi) is 14.1. The molecule has 0 radical (unpaired) electrons. The first-order valence-electron chi connectivity index (χ1n) is 14.9. The Morgan fingerprint density at radius 2 is 1.73 bits per heavy atom. The largest absolute Gasteiger partial charge is 0.487 e. The summed E-state index contributed by atoms with van der Waals surface area (Å²) in [6.07, 6.45) is 2.91. The monoisotopic (exact) mass is 712 g/mol. The fourth-order valence-corrected chi connectivity index (χ4v) is 5.30. The minimum atomic E-state index is -0.451. The van der Waals surface area contributed by atoms with Gasteiger partial charge < -0.3 is 30.5 Å². The standard InChI is InChI=1S/C35H38Cl2N6O4.ClH/c1-22-19-28(39-17-18-42(3)4)25-7-6-8-30(34(25)41-22)47-21-26-27(36)14-15-29(33(26)37)43(5)32(45)20-40-31(44)16-11-23-9-12-24(13-10-23)35(46)38-2;/h6-16,19H,17-18,20-21H2,1-5H3,(H,38,46)(H,39,41)(H,40,44);1H/b16-11+;. The van der Waals surface area contributed by atoms with Crippen LogP contribution in [0.25, 0.3) is 17.0 Å². The Morgan fingerprint density at radius 1 is 1.00 bits per heavy atom. The second kappa shape index (κ2) is 17.7. The lowest BCUT2D eigenvalue weighted by Gasteiger charge is -2.21. The maximum Gasteiger partial charge on any atom is 0.251 e. The average Bonchev–Trinajstić information content (AvgIpc) is 3.05. The van der Waals surface area contributed by atoms with Gasteiger partial charge in [0.15, 0.2) is 0 Å². The van der Waals surface area contributed by atoms with Crippen LogP contribution >= 0.6 is 35.6 Å². The fourth-order valence-electron chi connectivity index (χ4n) is 4.69. The number of aryl methyl sites for hydroxylation is 1. The topological polar surface area (TPSA) is 116 Å². The molecule has 4 aromatic rings. The van der Waals surface area contributed by atoms with Crippen LogP contribution in [0.15, 0.2) is 66.7 Å². The average molecular weight is 714 g/mol. The Bertz CT molecular complexity index is 1800. The predicted molar refractivity (Wildman–Crippen MR) is 197 cm³/mol. The molecule has 10 nitrogen and oxygen atoms in total. The van der Waals surface area contributed by atoms with Crippen molar-refractivity contribution in [1.82, 2.24) is 20.5 Å². The highest BCUT2D eigenvalue weighted by Crippen LogP contribution is 2.36. The number of aromatic nitrogens is 1. The molecule has 0 aliphatic carbocycles. The SMILES string of the molecule is CNC(=O)c1ccc(/C=C/C(=O)NCC(=O)N(C)c2ccc(Cl)c(COc3cccc4c(NCCN(C)C)cc(C)nc34)c2Cl)cc1.Cl. The number of carbonyl (C=O) groups excluding carboxylic acids is 3. The lowest BCUT2D eigenvalue weighted by molar-refractivity contribution is -0.122. The van der Waals surface area contributed by atoms with Crippen molar-refractivity contribution in [3.63, 3.8) is 0 Å². The van der Waals surface area contributed by atoms with E-state index in [1.807, 2.05) is 45.3 Å². The summed E-state index contributed by atoms with van der Waals surface area (Å²) < 4.78 is 6.23. The number of pyridine rings is 1. The van der Waals surface area contributed by atoms with Crippen LogP contribution in [0.5, 0.6) is 5.75 Å². The molecular weight excluding hydrogens is 675 g/mol. The molecule has 0 atom stereocenters. The molecule has 3 aromatic carbocycles. The smallest absolute Gasteiger partial charge is 0.251 e. The molecule has 0 spiro atoms. The minimum absolute atomic E-state index is 0. The molecule has 3 amide bonds. The third kappa shape index (κ3) is 9.84. The molecule has 1 heterocycles. The third-order valence-electron chi connectivity index (χ3n) is 7.32. The molecule has 0 unspecified atom stereocenters. The highest BCUT2D eigenvalue weighted by atomic mass is 35.5. The van der Waals surface area contributed by atoms with E-state index in [4.69, 9.17) is 32.9 Å². The summed E-state index contributed by atoms with van der Waals surface area (Å²) in [4.78, 5) is 45.3. The number of nitrogens with zero attached hydrogens (tertiary/aromatic N) is 3. The van der Waals surface area contributed by atoms with Gasteiger partial charge in [0, 0.05) is 66.2 Å². The highest BCUT2D eigenvalue weighted by Gasteiger charge is 2.20. The van der Waals surface area contributed by atoms with Crippen molar-refractivity contribution in [3.05, 3.63) is 99.2 Å². The maximum atomic E-state index is 13.0. The van der Waals surface area contributed by atoms with E-state index in [0.29, 0.717) is 33.1 Å². The zero-order valence-corrected chi connectivity index (χ0v) is 29.7. The van der Waals surface area contributed by atoms with Crippen molar-refractivity contribution in [1.29, 1.82) is 0 Å². The third-order valence-corrected chi connectivity index (χ3v) is 8.09. The number of carbonyl (C=O) groups is 3. The van der Waals surface area contributed by atoms with Gasteiger partial charge in [-0.05, 0) is 69.1 Å². The van der Waals surface area contributed by atoms with Crippen LogP contribution in [0, 0.1) is 6.92 Å². The molecule has 0 bridgehead atoms. The molecule has 0 aliphatic heterocycles. The Hall–Kier alpha value is -4.35. The van der Waals surface area contributed by atoms with E-state index in [1.165, 1.54) is 11.0 Å². The normalized spacial score (nSPS) is 10.9. The number of ether oxygens (including phenoxy) is 1. The summed E-state index contributed by atoms with van der Waals surface area (Å²) in [6, 6.07) is 17.8. The van der Waals surface area contributed by atoms with Gasteiger partial charge in [0.1, 0.15) is 17.9 Å². The lowest BCUT2D eigenvalue weighted by atomic mass is 10.1. The quantitative estimate of drug-likeness (QED) is 0.146. The number of nitrogens with one attached hydrogen (secondary N) is 3. The summed E-state index contributed by atoms with van der Waals surface area (Å²) in [5.74, 6) is -0.465. The number of para-hydroxylation sites is 1. The summed E-state index contributed by atoms with van der Waals surface area (Å²) in [7, 11) is 7.18. The van der Waals surface area contributed by atoms with Gasteiger partial charge in [-0.2, -0.15) is 0 Å². The highest BCUT2D eigenvalue weighted by molar-refractivity contribution is 6.38. The molecule has 0 saturated heterocycles. The molecule has 254 valence electrons. The fraction of sp³-hybridized carbons (Fsp3) is 0.257. The zero-order chi connectivity index (χ0) is 34.1. The maximum absolute atomic E-state index is 13.0. The van der Waals surface area contributed by atoms with E-state index in [0.717, 1.165) is 35.4 Å². The first-order chi connectivity index (χ1) is 22.5. The molecule has 0 saturated carbocycles. The van der Waals surface area contributed by atoms with E-state index in [2.05, 4.69) is 20.9 Å². The number of likely N-dealkylation sites (N-methyl/N-ethyl adjacent to an activating group) is 2. The zero-order valence-electron chi connectivity index (χ0n) is 27.4. The van der Waals surface area contributed by atoms with Gasteiger partial charge >= 0.3 is 0 Å². The van der Waals surface area contributed by atoms with Gasteiger partial charge in [-0.15, -0.1) is 12.4 Å². The number of halogens is 3. The van der Waals surface area contributed by atoms with Crippen LogP contribution in [-0.4, -0.2) is 75.4 Å². The summed E-state index contributed by atoms with van der Waals surface area (Å²) >= 11 is 13.3. The van der Waals surface area contributed by atoms with Crippen LogP contribution in [-0.2, 0) is 16.2 Å². The second-order valence-corrected chi connectivity index (χ2v) is 11.8. The van der Waals surface area contributed by atoms with Crippen LogP contribution in [0.3, 0.4) is 0 Å². The molecule has 3 N–H and O–H groups in total. The van der Waals surface area contributed by atoms with Crippen LogP contribution in [0.2, 0.25) is 10.0 Å². The van der Waals surface area contributed by atoms with E-state index in [-0.39, 0.29) is 42.4 Å². The van der Waals surface area contributed by atoms with Crippen LogP contribution in [0.1, 0.15) is 27.2 Å². The van der Waals surface area contributed by atoms with Gasteiger partial charge in [-0.25, -0.2) is 4.98 Å². The molecule has 0 aliphatic rings. The molecule has 13 heteroatoms. The number of anilines is 2. The molecule has 4 rings (SSSR count). The van der Waals surface area contributed by atoms with Crippen molar-refractivity contribution in [2.45, 2.75) is 13.5 Å². The molecule has 0 fully saturated rings. The van der Waals surface area contributed by atoms with E-state index >= 15 is 0 Å². The number of hydrogen-bond acceptors (Lipinski definition) is 7. The van der Waals surface area contributed by atoms with Crippen molar-refractivity contribution in [2.24, 2.45) is 0 Å². The Balaban J connectivity index is 0.00000625. The molecule has 1 aromatic heterocycles. The number of fused-ring (bicyclic) bond motifs is 1. The predicted octanol–water partition coefficient (Wildman–Crippen LogP) is 5.98. The van der Waals surface area contributed by atoms with Gasteiger partial charge in [0.05, 0.1) is 17.3 Å². The van der Waals surface area contributed by atoms with Crippen molar-refractivity contribution in [2.75, 3.05) is 58.0 Å². The van der Waals surface area contributed by atoms with E-state index in [1.54, 1.807) is 56.6 Å². The van der Waals surface area contributed by atoms with E-state index in [9.17, 15) is 14.4 Å². The van der Waals surface area contributed by atoms with Crippen molar-refractivity contribution < 1.29 is 19.1 Å². The molecular formula is C35H39Cl3N6O4. The van der Waals surface area contributed by atoms with Gasteiger partial charge in [0.25, 0.3) is 5.91 Å². The first-order valence-corrected chi connectivity index (χ1v) is 15.7. The number of benzene rings is 3. The Labute approximate surface area is 296 Å². The van der Waals surface area contributed by atoms with Crippen molar-refractivity contribution in [3.8, 4) is 5.75 Å². The van der Waals surface area contributed by atoms with Crippen LogP contribution in [0.4, 0.5) is 11.4 Å². The minimum Gasteiger partial charge on any atom is -0.487 e. The first kappa shape index (κ1) is 38.1. The van der Waals surface area contributed by atoms with Gasteiger partial charge in [-0.3, -0.25) is 14.4 Å². The van der Waals surface area contributed by atoms with Gasteiger partial charge in [-0.1, -0.05) is 47.5 Å². The summed E-state index contributed by atoms with van der Waals surface area (Å²) in [5, 5.41) is 10.2. The second-order valence-electron chi connectivity index (χ2n) is 11.0. The summed E-state index contributed by atoms with van der Waals surface area (Å²) in [6.45, 7) is 3.37. The number of hydrogen-bond donors (Lipinski definition) is 3. The number of rotatable bonds is 13. The number of amides is 3. The Morgan fingerprint density at radius 3 is 2.42 bits per heavy atom. The van der Waals surface area contributed by atoms with Gasteiger partial charge in [0.2, 0.25) is 11.8 Å².